The lowest BCUT2D eigenvalue weighted by Gasteiger charge is -2.31. The molecule has 28 heavy (non-hydrogen) atoms. The fourth-order valence-corrected chi connectivity index (χ4v) is 3.41. The topological polar surface area (TPSA) is 114 Å². The van der Waals surface area contributed by atoms with Gasteiger partial charge in [-0.25, -0.2) is 9.48 Å². The van der Waals surface area contributed by atoms with E-state index in [1.165, 1.54) is 10.7 Å². The number of aryl methyl sites for hydroxylation is 1. The van der Waals surface area contributed by atoms with E-state index in [9.17, 15) is 14.7 Å². The smallest absolute Gasteiger partial charge is 0.356 e. The summed E-state index contributed by atoms with van der Waals surface area (Å²) in [6.07, 6.45) is 1.65. The van der Waals surface area contributed by atoms with Crippen molar-refractivity contribution in [2.24, 2.45) is 0 Å². The number of carboxylic acid groups (broad SMARTS) is 1. The minimum atomic E-state index is -1.18. The summed E-state index contributed by atoms with van der Waals surface area (Å²) in [4.78, 5) is 30.6. The summed E-state index contributed by atoms with van der Waals surface area (Å²) in [7, 11) is 0. The van der Waals surface area contributed by atoms with Crippen LogP contribution in [-0.4, -0.2) is 54.9 Å². The number of likely N-dealkylation sites (tertiary alicyclic amines) is 1. The van der Waals surface area contributed by atoms with Gasteiger partial charge in [-0.3, -0.25) is 4.79 Å². The third-order valence-corrected chi connectivity index (χ3v) is 4.75. The number of hydrogen-bond acceptors (Lipinski definition) is 6. The van der Waals surface area contributed by atoms with Gasteiger partial charge in [-0.05, 0) is 31.9 Å². The molecule has 1 amide bonds. The summed E-state index contributed by atoms with van der Waals surface area (Å²) in [6, 6.07) is 10.3. The van der Waals surface area contributed by atoms with Crippen molar-refractivity contribution in [3.05, 3.63) is 59.5 Å². The van der Waals surface area contributed by atoms with Gasteiger partial charge in [-0.15, -0.1) is 0 Å². The van der Waals surface area contributed by atoms with Crippen LogP contribution in [-0.2, 0) is 0 Å². The largest absolute Gasteiger partial charge is 0.476 e. The van der Waals surface area contributed by atoms with Gasteiger partial charge in [-0.1, -0.05) is 23.4 Å². The normalized spacial score (nSPS) is 16.9. The average Bonchev–Trinajstić information content (AvgIpc) is 3.35. The van der Waals surface area contributed by atoms with E-state index in [1.54, 1.807) is 36.1 Å². The Labute approximate surface area is 160 Å². The van der Waals surface area contributed by atoms with Gasteiger partial charge < -0.3 is 14.5 Å². The lowest BCUT2D eigenvalue weighted by atomic mass is 9.97. The number of para-hydroxylation sites is 1. The maximum absolute atomic E-state index is 13.2. The average molecular weight is 381 g/mol. The Morgan fingerprint density at radius 2 is 2.04 bits per heavy atom. The number of carbonyl (C=O) groups excluding carboxylic acids is 1. The van der Waals surface area contributed by atoms with Crippen LogP contribution in [0.2, 0.25) is 0 Å². The van der Waals surface area contributed by atoms with Crippen molar-refractivity contribution in [1.29, 1.82) is 0 Å². The maximum atomic E-state index is 13.2. The zero-order chi connectivity index (χ0) is 19.7. The van der Waals surface area contributed by atoms with Gasteiger partial charge in [0.1, 0.15) is 5.69 Å². The highest BCUT2D eigenvalue weighted by atomic mass is 16.5. The van der Waals surface area contributed by atoms with Crippen LogP contribution in [0.25, 0.3) is 5.69 Å². The van der Waals surface area contributed by atoms with Gasteiger partial charge in [0.2, 0.25) is 5.89 Å². The molecule has 2 aromatic heterocycles. The number of carbonyl (C=O) groups is 2. The van der Waals surface area contributed by atoms with Crippen molar-refractivity contribution in [2.75, 3.05) is 13.1 Å². The monoisotopic (exact) mass is 381 g/mol. The number of aromatic nitrogens is 4. The quantitative estimate of drug-likeness (QED) is 0.737. The number of carboxylic acids is 1. The third kappa shape index (κ3) is 3.38. The highest BCUT2D eigenvalue weighted by molar-refractivity contribution is 5.96. The maximum Gasteiger partial charge on any atom is 0.356 e. The van der Waals surface area contributed by atoms with Gasteiger partial charge in [0.15, 0.2) is 11.5 Å². The summed E-state index contributed by atoms with van der Waals surface area (Å²) >= 11 is 0. The molecule has 9 heteroatoms. The Kier molecular flexibility index (Phi) is 4.64. The number of benzene rings is 1. The minimum Gasteiger partial charge on any atom is -0.476 e. The second-order valence-electron chi connectivity index (χ2n) is 6.74. The highest BCUT2D eigenvalue weighted by Gasteiger charge is 2.31. The Morgan fingerprint density at radius 3 is 2.71 bits per heavy atom. The first kappa shape index (κ1) is 17.9. The van der Waals surface area contributed by atoms with Crippen LogP contribution in [0.4, 0.5) is 0 Å². The van der Waals surface area contributed by atoms with Crippen LogP contribution < -0.4 is 0 Å². The van der Waals surface area contributed by atoms with E-state index in [0.717, 1.165) is 12.8 Å². The SMILES string of the molecule is Cc1noc(C2CCCN(C(=O)c3cc(C(=O)O)nn3-c3ccccc3)C2)n1. The molecule has 1 unspecified atom stereocenters. The van der Waals surface area contributed by atoms with Crippen molar-refractivity contribution in [3.63, 3.8) is 0 Å². The van der Waals surface area contributed by atoms with E-state index >= 15 is 0 Å². The van der Waals surface area contributed by atoms with E-state index in [4.69, 9.17) is 4.52 Å². The molecule has 0 aliphatic carbocycles. The Balaban J connectivity index is 1.64. The Bertz CT molecular complexity index is 1010. The standard InChI is InChI=1S/C19H19N5O4/c1-12-20-17(28-22-12)13-6-5-9-23(11-13)18(25)16-10-15(19(26)27)21-24(16)14-7-3-2-4-8-14/h2-4,7-8,10,13H,5-6,9,11H2,1H3,(H,26,27). The molecule has 0 spiro atoms. The van der Waals surface area contributed by atoms with Crippen molar-refractivity contribution in [1.82, 2.24) is 24.8 Å². The predicted molar refractivity (Wildman–Crippen MR) is 97.4 cm³/mol. The molecule has 144 valence electrons. The first-order valence-electron chi connectivity index (χ1n) is 9.01. The van der Waals surface area contributed by atoms with Gasteiger partial charge in [-0.2, -0.15) is 10.1 Å². The van der Waals surface area contributed by atoms with Gasteiger partial charge >= 0.3 is 5.97 Å². The molecule has 1 N–H and O–H groups in total. The summed E-state index contributed by atoms with van der Waals surface area (Å²) in [5, 5.41) is 17.3. The van der Waals surface area contributed by atoms with E-state index < -0.39 is 5.97 Å². The molecule has 1 saturated heterocycles. The molecule has 4 rings (SSSR count). The second kappa shape index (κ2) is 7.26. The van der Waals surface area contributed by atoms with Crippen molar-refractivity contribution < 1.29 is 19.2 Å². The third-order valence-electron chi connectivity index (χ3n) is 4.75. The van der Waals surface area contributed by atoms with Crippen LogP contribution in [0.15, 0.2) is 40.9 Å². The van der Waals surface area contributed by atoms with Gasteiger partial charge in [0.05, 0.1) is 11.6 Å². The number of rotatable bonds is 4. The van der Waals surface area contributed by atoms with Crippen molar-refractivity contribution in [2.45, 2.75) is 25.7 Å². The number of nitrogens with zero attached hydrogens (tertiary/aromatic N) is 5. The molecule has 1 aliphatic heterocycles. The fourth-order valence-electron chi connectivity index (χ4n) is 3.41. The second-order valence-corrected chi connectivity index (χ2v) is 6.74. The molecule has 1 aromatic carbocycles. The molecule has 0 saturated carbocycles. The molecule has 0 radical (unpaired) electrons. The fraction of sp³-hybridized carbons (Fsp3) is 0.316. The molecule has 1 fully saturated rings. The molecule has 0 bridgehead atoms. The van der Waals surface area contributed by atoms with Gasteiger partial charge in [0.25, 0.3) is 5.91 Å². The minimum absolute atomic E-state index is 0.0362. The first-order valence-corrected chi connectivity index (χ1v) is 9.01. The number of aromatic carboxylic acids is 1. The van der Waals surface area contributed by atoms with Crippen LogP contribution in [0.3, 0.4) is 0 Å². The van der Waals surface area contributed by atoms with Crippen molar-refractivity contribution in [3.8, 4) is 5.69 Å². The van der Waals surface area contributed by atoms with E-state index in [0.29, 0.717) is 30.5 Å². The molecule has 1 atom stereocenters. The lowest BCUT2D eigenvalue weighted by Crippen LogP contribution is -2.40. The number of piperidine rings is 1. The summed E-state index contributed by atoms with van der Waals surface area (Å²) < 4.78 is 6.65. The molecular formula is C19H19N5O4. The molecule has 3 aromatic rings. The van der Waals surface area contributed by atoms with E-state index in [1.807, 2.05) is 6.07 Å². The first-order chi connectivity index (χ1) is 13.5. The highest BCUT2D eigenvalue weighted by Crippen LogP contribution is 2.27. The zero-order valence-corrected chi connectivity index (χ0v) is 15.3. The summed E-state index contributed by atoms with van der Waals surface area (Å²) in [5.74, 6) is -0.401. The molecule has 3 heterocycles. The van der Waals surface area contributed by atoms with Crippen LogP contribution >= 0.6 is 0 Å². The van der Waals surface area contributed by atoms with E-state index in [-0.39, 0.29) is 23.2 Å². The molecule has 1 aliphatic rings. The van der Waals surface area contributed by atoms with Crippen LogP contribution in [0, 0.1) is 6.92 Å². The van der Waals surface area contributed by atoms with Crippen LogP contribution in [0.5, 0.6) is 0 Å². The number of amides is 1. The zero-order valence-electron chi connectivity index (χ0n) is 15.3. The summed E-state index contributed by atoms with van der Waals surface area (Å²) in [6.45, 7) is 2.76. The summed E-state index contributed by atoms with van der Waals surface area (Å²) in [5.41, 5.74) is 0.665. The lowest BCUT2D eigenvalue weighted by molar-refractivity contribution is 0.0681. The Hall–Kier alpha value is -3.49. The molecule has 9 nitrogen and oxygen atoms in total. The van der Waals surface area contributed by atoms with Gasteiger partial charge in [0, 0.05) is 19.2 Å². The molecular weight excluding hydrogens is 362 g/mol. The van der Waals surface area contributed by atoms with E-state index in [2.05, 4.69) is 15.2 Å². The van der Waals surface area contributed by atoms with Crippen molar-refractivity contribution >= 4 is 11.9 Å². The van der Waals surface area contributed by atoms with Crippen LogP contribution in [0.1, 0.15) is 51.5 Å². The number of hydrogen-bond donors (Lipinski definition) is 1. The Morgan fingerprint density at radius 1 is 1.25 bits per heavy atom. The predicted octanol–water partition coefficient (Wildman–Crippen LogP) is 2.28.